The molecule has 2 rings (SSSR count). The van der Waals surface area contributed by atoms with E-state index in [9.17, 15) is 4.79 Å². The second-order valence-electron chi connectivity index (χ2n) is 3.65. The van der Waals surface area contributed by atoms with Gasteiger partial charge in [0.25, 0.3) is 0 Å². The molecule has 0 atom stereocenters. The topological polar surface area (TPSA) is 22.0 Å². The molecule has 2 heteroatoms. The van der Waals surface area contributed by atoms with Crippen molar-refractivity contribution in [2.75, 3.05) is 0 Å². The van der Waals surface area contributed by atoms with Crippen molar-refractivity contribution in [2.24, 2.45) is 0 Å². The second-order valence-corrected chi connectivity index (χ2v) is 3.65. The molecule has 68 valence electrons. The normalized spacial score (nSPS) is 15.2. The SMILES string of the molecule is CC(C)n1ccc2c1C=CCC2=O. The fourth-order valence-electron chi connectivity index (χ4n) is 1.71. The Kier molecular flexibility index (Phi) is 1.83. The Morgan fingerprint density at radius 3 is 2.92 bits per heavy atom. The van der Waals surface area contributed by atoms with E-state index in [0.717, 1.165) is 11.3 Å². The van der Waals surface area contributed by atoms with Crippen molar-refractivity contribution in [3.63, 3.8) is 0 Å². The Morgan fingerprint density at radius 1 is 1.46 bits per heavy atom. The van der Waals surface area contributed by atoms with Crippen molar-refractivity contribution >= 4 is 11.9 Å². The standard InChI is InChI=1S/C11H13NO/c1-8(2)12-7-6-9-10(12)4-3-5-11(9)13/h3-4,6-8H,5H2,1-2H3. The monoisotopic (exact) mass is 175 g/mol. The van der Waals surface area contributed by atoms with E-state index in [2.05, 4.69) is 18.4 Å². The zero-order chi connectivity index (χ0) is 9.42. The first-order valence-corrected chi connectivity index (χ1v) is 4.60. The zero-order valence-corrected chi connectivity index (χ0v) is 7.95. The van der Waals surface area contributed by atoms with Crippen LogP contribution < -0.4 is 0 Å². The van der Waals surface area contributed by atoms with Crippen LogP contribution in [-0.4, -0.2) is 10.4 Å². The summed E-state index contributed by atoms with van der Waals surface area (Å²) in [5.74, 6) is 0.233. The quantitative estimate of drug-likeness (QED) is 0.643. The lowest BCUT2D eigenvalue weighted by molar-refractivity contribution is 0.0994. The Hall–Kier alpha value is -1.31. The Bertz CT molecular complexity index is 371. The summed E-state index contributed by atoms with van der Waals surface area (Å²) in [6.45, 7) is 4.24. The zero-order valence-electron chi connectivity index (χ0n) is 7.95. The first-order chi connectivity index (χ1) is 6.20. The molecular weight excluding hydrogens is 162 g/mol. The van der Waals surface area contributed by atoms with E-state index in [4.69, 9.17) is 0 Å². The van der Waals surface area contributed by atoms with Gasteiger partial charge in [-0.1, -0.05) is 6.08 Å². The van der Waals surface area contributed by atoms with Crippen LogP contribution in [0.2, 0.25) is 0 Å². The van der Waals surface area contributed by atoms with Gasteiger partial charge in [0.05, 0.1) is 5.69 Å². The lowest BCUT2D eigenvalue weighted by Gasteiger charge is -2.13. The van der Waals surface area contributed by atoms with E-state index < -0.39 is 0 Å². The number of hydrogen-bond acceptors (Lipinski definition) is 1. The van der Waals surface area contributed by atoms with Crippen molar-refractivity contribution in [1.82, 2.24) is 4.57 Å². The molecule has 13 heavy (non-hydrogen) atoms. The molecule has 1 aliphatic rings. The van der Waals surface area contributed by atoms with Crippen LogP contribution in [0.3, 0.4) is 0 Å². The number of aromatic nitrogens is 1. The van der Waals surface area contributed by atoms with Gasteiger partial charge in [-0.15, -0.1) is 0 Å². The summed E-state index contributed by atoms with van der Waals surface area (Å²) in [6, 6.07) is 2.33. The van der Waals surface area contributed by atoms with Crippen molar-refractivity contribution < 1.29 is 4.79 Å². The van der Waals surface area contributed by atoms with Crippen LogP contribution in [0.4, 0.5) is 0 Å². The number of carbonyl (C=O) groups excluding carboxylic acids is 1. The van der Waals surface area contributed by atoms with E-state index in [1.54, 1.807) is 0 Å². The summed E-state index contributed by atoms with van der Waals surface area (Å²) in [6.07, 6.45) is 6.51. The van der Waals surface area contributed by atoms with Gasteiger partial charge in [-0.3, -0.25) is 4.79 Å². The fraction of sp³-hybridized carbons (Fsp3) is 0.364. The molecule has 2 nitrogen and oxygen atoms in total. The first-order valence-electron chi connectivity index (χ1n) is 4.60. The lowest BCUT2D eigenvalue weighted by Crippen LogP contribution is -2.07. The molecule has 0 unspecified atom stereocenters. The van der Waals surface area contributed by atoms with Gasteiger partial charge in [0, 0.05) is 24.2 Å². The summed E-state index contributed by atoms with van der Waals surface area (Å²) in [5.41, 5.74) is 1.93. The van der Waals surface area contributed by atoms with Crippen LogP contribution in [0, 0.1) is 0 Å². The van der Waals surface area contributed by atoms with E-state index in [-0.39, 0.29) is 5.78 Å². The van der Waals surface area contributed by atoms with Crippen LogP contribution >= 0.6 is 0 Å². The van der Waals surface area contributed by atoms with Crippen LogP contribution in [0.25, 0.3) is 6.08 Å². The molecule has 0 saturated carbocycles. The largest absolute Gasteiger partial charge is 0.345 e. The van der Waals surface area contributed by atoms with Crippen LogP contribution in [0.15, 0.2) is 18.3 Å². The van der Waals surface area contributed by atoms with E-state index >= 15 is 0 Å². The fourth-order valence-corrected chi connectivity index (χ4v) is 1.71. The molecule has 0 N–H and O–H groups in total. The van der Waals surface area contributed by atoms with Gasteiger partial charge in [-0.25, -0.2) is 0 Å². The molecule has 1 heterocycles. The minimum atomic E-state index is 0.233. The maximum Gasteiger partial charge on any atom is 0.168 e. The average Bonchev–Trinajstić information content (AvgIpc) is 2.48. The number of hydrogen-bond donors (Lipinski definition) is 0. The molecule has 0 aromatic carbocycles. The van der Waals surface area contributed by atoms with Crippen molar-refractivity contribution in [1.29, 1.82) is 0 Å². The van der Waals surface area contributed by atoms with Crippen LogP contribution in [-0.2, 0) is 0 Å². The van der Waals surface area contributed by atoms with Gasteiger partial charge in [0.2, 0.25) is 0 Å². The number of rotatable bonds is 1. The highest BCUT2D eigenvalue weighted by Crippen LogP contribution is 2.23. The van der Waals surface area contributed by atoms with Crippen LogP contribution in [0.1, 0.15) is 42.4 Å². The maximum absolute atomic E-state index is 11.5. The van der Waals surface area contributed by atoms with Gasteiger partial charge < -0.3 is 4.57 Å². The van der Waals surface area contributed by atoms with Gasteiger partial charge in [-0.2, -0.15) is 0 Å². The number of fused-ring (bicyclic) bond motifs is 1. The van der Waals surface area contributed by atoms with E-state index in [1.807, 2.05) is 24.4 Å². The number of allylic oxidation sites excluding steroid dienone is 1. The summed E-state index contributed by atoms with van der Waals surface area (Å²) in [5, 5.41) is 0. The van der Waals surface area contributed by atoms with Gasteiger partial charge >= 0.3 is 0 Å². The summed E-state index contributed by atoms with van der Waals surface area (Å²) in [7, 11) is 0. The lowest BCUT2D eigenvalue weighted by atomic mass is 10.0. The molecule has 0 bridgehead atoms. The number of carbonyl (C=O) groups is 1. The van der Waals surface area contributed by atoms with Crippen molar-refractivity contribution in [3.8, 4) is 0 Å². The molecule has 0 amide bonds. The highest BCUT2D eigenvalue weighted by molar-refractivity contribution is 6.02. The minimum absolute atomic E-state index is 0.233. The van der Waals surface area contributed by atoms with Crippen molar-refractivity contribution in [2.45, 2.75) is 26.3 Å². The summed E-state index contributed by atoms with van der Waals surface area (Å²) >= 11 is 0. The highest BCUT2D eigenvalue weighted by atomic mass is 16.1. The molecule has 0 aliphatic heterocycles. The van der Waals surface area contributed by atoms with Crippen LogP contribution in [0.5, 0.6) is 0 Å². The van der Waals surface area contributed by atoms with Gasteiger partial charge in [0.1, 0.15) is 0 Å². The predicted octanol–water partition coefficient (Wildman–Crippen LogP) is 2.67. The predicted molar refractivity (Wildman–Crippen MR) is 52.8 cm³/mol. The number of nitrogens with zero attached hydrogens (tertiary/aromatic N) is 1. The molecule has 1 aromatic heterocycles. The average molecular weight is 175 g/mol. The molecule has 0 radical (unpaired) electrons. The minimum Gasteiger partial charge on any atom is -0.345 e. The summed E-state index contributed by atoms with van der Waals surface area (Å²) < 4.78 is 2.13. The summed E-state index contributed by atoms with van der Waals surface area (Å²) in [4.78, 5) is 11.5. The molecule has 1 aromatic rings. The molecule has 0 saturated heterocycles. The Labute approximate surface area is 77.9 Å². The molecular formula is C11H13NO. The van der Waals surface area contributed by atoms with Gasteiger partial charge in [-0.05, 0) is 26.0 Å². The third-order valence-corrected chi connectivity index (χ3v) is 2.39. The maximum atomic E-state index is 11.5. The third-order valence-electron chi connectivity index (χ3n) is 2.39. The van der Waals surface area contributed by atoms with Gasteiger partial charge in [0.15, 0.2) is 5.78 Å². The number of ketones is 1. The molecule has 1 aliphatic carbocycles. The molecule has 0 fully saturated rings. The Morgan fingerprint density at radius 2 is 2.23 bits per heavy atom. The first kappa shape index (κ1) is 8.30. The highest BCUT2D eigenvalue weighted by Gasteiger charge is 2.17. The van der Waals surface area contributed by atoms with Crippen molar-refractivity contribution in [3.05, 3.63) is 29.6 Å². The Balaban J connectivity index is 2.55. The smallest absolute Gasteiger partial charge is 0.168 e. The second kappa shape index (κ2) is 2.87. The molecule has 0 spiro atoms. The number of Topliss-reactive ketones (excluding diaryl/α,β-unsaturated/α-hetero) is 1. The van der Waals surface area contributed by atoms with E-state index in [0.29, 0.717) is 12.5 Å². The van der Waals surface area contributed by atoms with E-state index in [1.165, 1.54) is 0 Å². The third kappa shape index (κ3) is 1.22.